The van der Waals surface area contributed by atoms with Crippen molar-refractivity contribution in [3.05, 3.63) is 34.1 Å². The van der Waals surface area contributed by atoms with Gasteiger partial charge in [-0.1, -0.05) is 22.0 Å². The normalized spacial score (nSPS) is 18.8. The molecule has 0 spiro atoms. The van der Waals surface area contributed by atoms with Crippen LogP contribution >= 0.6 is 15.9 Å². The van der Waals surface area contributed by atoms with E-state index in [0.29, 0.717) is 29.7 Å². The zero-order chi connectivity index (χ0) is 14.0. The van der Waals surface area contributed by atoms with Crippen LogP contribution in [0.5, 0.6) is 0 Å². The molecule has 0 bridgehead atoms. The van der Waals surface area contributed by atoms with Crippen LogP contribution in [0.2, 0.25) is 0 Å². The van der Waals surface area contributed by atoms with Gasteiger partial charge in [0.15, 0.2) is 0 Å². The molecule has 1 aliphatic heterocycles. The van der Waals surface area contributed by atoms with E-state index in [4.69, 9.17) is 0 Å². The smallest absolute Gasteiger partial charge is 0.299 e. The van der Waals surface area contributed by atoms with Gasteiger partial charge in [0, 0.05) is 16.6 Å². The SMILES string of the molecule is Fc1cc(Br)ccc1CN1CCC(C(F)(F)F)CC1. The molecule has 0 amide bonds. The van der Waals surface area contributed by atoms with Gasteiger partial charge in [-0.25, -0.2) is 4.39 Å². The minimum absolute atomic E-state index is 0.0989. The maximum atomic E-state index is 13.6. The lowest BCUT2D eigenvalue weighted by Crippen LogP contribution is -2.38. The van der Waals surface area contributed by atoms with Crippen molar-refractivity contribution >= 4 is 15.9 Å². The molecule has 1 fully saturated rings. The van der Waals surface area contributed by atoms with Crippen LogP contribution in [0.15, 0.2) is 22.7 Å². The van der Waals surface area contributed by atoms with Gasteiger partial charge in [0.05, 0.1) is 5.92 Å². The molecule has 1 saturated heterocycles. The standard InChI is InChI=1S/C13H14BrF4N/c14-11-2-1-9(12(15)7-11)8-19-5-3-10(4-6-19)13(16,17)18/h1-2,7,10H,3-6,8H2. The van der Waals surface area contributed by atoms with Crippen LogP contribution in [0.25, 0.3) is 0 Å². The van der Waals surface area contributed by atoms with Crippen LogP contribution < -0.4 is 0 Å². The zero-order valence-electron chi connectivity index (χ0n) is 10.2. The minimum atomic E-state index is -4.10. The molecule has 19 heavy (non-hydrogen) atoms. The molecule has 0 atom stereocenters. The van der Waals surface area contributed by atoms with Crippen LogP contribution in [0.3, 0.4) is 0 Å². The topological polar surface area (TPSA) is 3.24 Å². The van der Waals surface area contributed by atoms with Crippen molar-refractivity contribution in [2.45, 2.75) is 25.6 Å². The Labute approximate surface area is 117 Å². The Bertz CT molecular complexity index is 439. The fourth-order valence-electron chi connectivity index (χ4n) is 2.31. The molecule has 1 nitrogen and oxygen atoms in total. The Balaban J connectivity index is 1.92. The summed E-state index contributed by atoms with van der Waals surface area (Å²) in [5.41, 5.74) is 0.522. The van der Waals surface area contributed by atoms with Crippen molar-refractivity contribution in [1.29, 1.82) is 0 Å². The maximum Gasteiger partial charge on any atom is 0.391 e. The summed E-state index contributed by atoms with van der Waals surface area (Å²) in [4.78, 5) is 1.87. The first-order valence-corrected chi connectivity index (χ1v) is 6.88. The number of piperidine rings is 1. The predicted molar refractivity (Wildman–Crippen MR) is 68.2 cm³/mol. The highest BCUT2D eigenvalue weighted by molar-refractivity contribution is 9.10. The quantitative estimate of drug-likeness (QED) is 0.723. The molecular formula is C13H14BrF4N. The second kappa shape index (κ2) is 5.79. The van der Waals surface area contributed by atoms with Crippen LogP contribution in [-0.4, -0.2) is 24.2 Å². The molecule has 0 N–H and O–H groups in total. The fraction of sp³-hybridized carbons (Fsp3) is 0.538. The molecular weight excluding hydrogens is 326 g/mol. The van der Waals surface area contributed by atoms with E-state index in [9.17, 15) is 17.6 Å². The largest absolute Gasteiger partial charge is 0.391 e. The molecule has 0 aromatic heterocycles. The lowest BCUT2D eigenvalue weighted by molar-refractivity contribution is -0.185. The van der Waals surface area contributed by atoms with Crippen LogP contribution in [0, 0.1) is 11.7 Å². The van der Waals surface area contributed by atoms with Crippen molar-refractivity contribution in [2.24, 2.45) is 5.92 Å². The fourth-order valence-corrected chi connectivity index (χ4v) is 2.64. The third-order valence-electron chi connectivity index (χ3n) is 3.46. The molecule has 1 aromatic carbocycles. The Morgan fingerprint density at radius 1 is 1.21 bits per heavy atom. The Kier molecular flexibility index (Phi) is 4.50. The number of benzene rings is 1. The van der Waals surface area contributed by atoms with Gasteiger partial charge in [0.25, 0.3) is 0 Å². The van der Waals surface area contributed by atoms with E-state index in [1.54, 1.807) is 12.1 Å². The number of likely N-dealkylation sites (tertiary alicyclic amines) is 1. The third kappa shape index (κ3) is 3.92. The van der Waals surface area contributed by atoms with Gasteiger partial charge in [0.2, 0.25) is 0 Å². The van der Waals surface area contributed by atoms with E-state index in [1.807, 2.05) is 4.90 Å². The van der Waals surface area contributed by atoms with Gasteiger partial charge in [0.1, 0.15) is 5.82 Å². The summed E-state index contributed by atoms with van der Waals surface area (Å²) in [6.45, 7) is 1.09. The van der Waals surface area contributed by atoms with Crippen molar-refractivity contribution in [1.82, 2.24) is 4.90 Å². The van der Waals surface area contributed by atoms with Gasteiger partial charge < -0.3 is 0 Å². The first-order valence-electron chi connectivity index (χ1n) is 6.09. The molecule has 106 valence electrons. The van der Waals surface area contributed by atoms with Crippen molar-refractivity contribution in [3.8, 4) is 0 Å². The Morgan fingerprint density at radius 2 is 1.84 bits per heavy atom. The summed E-state index contributed by atoms with van der Waals surface area (Å²) in [6.07, 6.45) is -3.90. The number of hydrogen-bond donors (Lipinski definition) is 0. The molecule has 0 radical (unpaired) electrons. The highest BCUT2D eigenvalue weighted by Gasteiger charge is 2.40. The number of halogens is 5. The average Bonchev–Trinajstić information content (AvgIpc) is 2.32. The van der Waals surface area contributed by atoms with E-state index in [2.05, 4.69) is 15.9 Å². The lowest BCUT2D eigenvalue weighted by atomic mass is 9.96. The highest BCUT2D eigenvalue weighted by atomic mass is 79.9. The molecule has 1 aliphatic rings. The van der Waals surface area contributed by atoms with Gasteiger partial charge in [-0.2, -0.15) is 13.2 Å². The average molecular weight is 340 g/mol. The minimum Gasteiger partial charge on any atom is -0.299 e. The first-order chi connectivity index (χ1) is 8.86. The summed E-state index contributed by atoms with van der Waals surface area (Å²) in [7, 11) is 0. The Hall–Kier alpha value is -0.620. The van der Waals surface area contributed by atoms with Gasteiger partial charge in [-0.05, 0) is 38.1 Å². The number of alkyl halides is 3. The van der Waals surface area contributed by atoms with Crippen LogP contribution in [-0.2, 0) is 6.54 Å². The maximum absolute atomic E-state index is 13.6. The molecule has 2 rings (SSSR count). The summed E-state index contributed by atoms with van der Waals surface area (Å²) < 4.78 is 51.9. The predicted octanol–water partition coefficient (Wildman–Crippen LogP) is 4.36. The van der Waals surface area contributed by atoms with Crippen molar-refractivity contribution in [3.63, 3.8) is 0 Å². The Morgan fingerprint density at radius 3 is 2.37 bits per heavy atom. The third-order valence-corrected chi connectivity index (χ3v) is 3.95. The molecule has 0 aliphatic carbocycles. The molecule has 0 unspecified atom stereocenters. The van der Waals surface area contributed by atoms with E-state index >= 15 is 0 Å². The summed E-state index contributed by atoms with van der Waals surface area (Å²) in [5, 5.41) is 0. The van der Waals surface area contributed by atoms with Crippen LogP contribution in [0.4, 0.5) is 17.6 Å². The second-order valence-corrected chi connectivity index (χ2v) is 5.74. The van der Waals surface area contributed by atoms with Gasteiger partial charge in [-0.3, -0.25) is 4.90 Å². The van der Waals surface area contributed by atoms with Crippen molar-refractivity contribution < 1.29 is 17.6 Å². The zero-order valence-corrected chi connectivity index (χ0v) is 11.8. The number of nitrogens with zero attached hydrogens (tertiary/aromatic N) is 1. The van der Waals surface area contributed by atoms with Crippen molar-refractivity contribution in [2.75, 3.05) is 13.1 Å². The number of rotatable bonds is 2. The summed E-state index contributed by atoms with van der Waals surface area (Å²) >= 11 is 3.17. The highest BCUT2D eigenvalue weighted by Crippen LogP contribution is 2.34. The number of hydrogen-bond acceptors (Lipinski definition) is 1. The molecule has 0 saturated carbocycles. The van der Waals surface area contributed by atoms with E-state index < -0.39 is 12.1 Å². The van der Waals surface area contributed by atoms with E-state index in [1.165, 1.54) is 6.07 Å². The van der Waals surface area contributed by atoms with Gasteiger partial charge in [-0.15, -0.1) is 0 Å². The second-order valence-electron chi connectivity index (χ2n) is 4.83. The van der Waals surface area contributed by atoms with Crippen LogP contribution in [0.1, 0.15) is 18.4 Å². The van der Waals surface area contributed by atoms with E-state index in [-0.39, 0.29) is 18.7 Å². The van der Waals surface area contributed by atoms with E-state index in [0.717, 1.165) is 0 Å². The molecule has 1 aromatic rings. The lowest BCUT2D eigenvalue weighted by Gasteiger charge is -2.32. The summed E-state index contributed by atoms with van der Waals surface area (Å²) in [5.74, 6) is -1.54. The van der Waals surface area contributed by atoms with Gasteiger partial charge >= 0.3 is 6.18 Å². The molecule has 6 heteroatoms. The first kappa shape index (κ1) is 14.8. The molecule has 1 heterocycles. The summed E-state index contributed by atoms with van der Waals surface area (Å²) in [6, 6.07) is 4.77. The monoisotopic (exact) mass is 339 g/mol.